The number of likely N-dealkylation sites (tertiary alicyclic amines) is 1. The number of amides is 2. The minimum absolute atomic E-state index is 0.281. The van der Waals surface area contributed by atoms with Crippen LogP contribution in [0.1, 0.15) is 28.8 Å². The number of hydrogen-bond donors (Lipinski definition) is 2. The normalized spacial score (nSPS) is 16.4. The molecule has 2 atom stereocenters. The van der Waals surface area contributed by atoms with Gasteiger partial charge in [0, 0.05) is 12.1 Å². The molecule has 1 heterocycles. The summed E-state index contributed by atoms with van der Waals surface area (Å²) in [6, 6.07) is 16.2. The highest BCUT2D eigenvalue weighted by molar-refractivity contribution is 5.98. The van der Waals surface area contributed by atoms with Crippen molar-refractivity contribution in [2.75, 3.05) is 19.8 Å². The summed E-state index contributed by atoms with van der Waals surface area (Å²) >= 11 is 0. The first-order valence-corrected chi connectivity index (χ1v) is 10.5. The lowest BCUT2D eigenvalue weighted by molar-refractivity contribution is -0.150. The number of aliphatic carboxylic acids is 1. The van der Waals surface area contributed by atoms with Crippen LogP contribution in [-0.2, 0) is 25.5 Å². The summed E-state index contributed by atoms with van der Waals surface area (Å²) in [7, 11) is 0. The summed E-state index contributed by atoms with van der Waals surface area (Å²) in [4.78, 5) is 50.3. The molecule has 2 aromatic rings. The van der Waals surface area contributed by atoms with Gasteiger partial charge in [-0.1, -0.05) is 48.5 Å². The highest BCUT2D eigenvalue weighted by Gasteiger charge is 2.34. The minimum atomic E-state index is -1.04. The second-order valence-electron chi connectivity index (χ2n) is 7.62. The highest BCUT2D eigenvalue weighted by Crippen LogP contribution is 2.17. The number of carbonyl (C=O) groups is 4. The second kappa shape index (κ2) is 11.2. The summed E-state index contributed by atoms with van der Waals surface area (Å²) < 4.78 is 5.32. The van der Waals surface area contributed by atoms with Crippen molar-refractivity contribution in [1.29, 1.82) is 0 Å². The maximum atomic E-state index is 12.8. The number of carbonyl (C=O) groups excluding carboxylic acids is 3. The molecule has 1 aliphatic heterocycles. The van der Waals surface area contributed by atoms with E-state index in [1.54, 1.807) is 30.3 Å². The standard InChI is InChI=1S/C24H26N2O6/c27-21(15-32-16-22(28)26-13-7-12-20(26)24(30)31)19(14-17-8-3-1-4-9-17)25-23(29)18-10-5-2-6-11-18/h1-6,8-11,19-20H,7,12-16H2,(H,25,29)(H,30,31)/t19?,20-/m1/s1. The lowest BCUT2D eigenvalue weighted by atomic mass is 10.0. The van der Waals surface area contributed by atoms with Crippen LogP contribution in [0.3, 0.4) is 0 Å². The van der Waals surface area contributed by atoms with Gasteiger partial charge < -0.3 is 20.1 Å². The van der Waals surface area contributed by atoms with Gasteiger partial charge in [-0.05, 0) is 37.0 Å². The quantitative estimate of drug-likeness (QED) is 0.584. The molecule has 1 saturated heterocycles. The molecular formula is C24H26N2O6. The van der Waals surface area contributed by atoms with Gasteiger partial charge in [0.15, 0.2) is 5.78 Å². The van der Waals surface area contributed by atoms with Crippen LogP contribution in [0.25, 0.3) is 0 Å². The summed E-state index contributed by atoms with van der Waals surface area (Å²) in [5.41, 5.74) is 1.31. The Kier molecular flexibility index (Phi) is 8.10. The number of nitrogens with one attached hydrogen (secondary N) is 1. The molecule has 2 aromatic carbocycles. The smallest absolute Gasteiger partial charge is 0.326 e. The second-order valence-corrected chi connectivity index (χ2v) is 7.62. The van der Waals surface area contributed by atoms with E-state index < -0.39 is 24.0 Å². The van der Waals surface area contributed by atoms with Crippen molar-refractivity contribution in [1.82, 2.24) is 10.2 Å². The van der Waals surface area contributed by atoms with Crippen LogP contribution in [0.5, 0.6) is 0 Å². The van der Waals surface area contributed by atoms with Gasteiger partial charge in [0.1, 0.15) is 19.3 Å². The Morgan fingerprint density at radius 1 is 1.00 bits per heavy atom. The number of rotatable bonds is 10. The molecule has 1 fully saturated rings. The fourth-order valence-corrected chi connectivity index (χ4v) is 3.67. The van der Waals surface area contributed by atoms with E-state index in [4.69, 9.17) is 4.74 Å². The molecule has 168 valence electrons. The first-order valence-electron chi connectivity index (χ1n) is 10.5. The van der Waals surface area contributed by atoms with Crippen LogP contribution < -0.4 is 5.32 Å². The topological polar surface area (TPSA) is 113 Å². The van der Waals surface area contributed by atoms with Gasteiger partial charge in [-0.25, -0.2) is 4.79 Å². The van der Waals surface area contributed by atoms with Gasteiger partial charge in [0.25, 0.3) is 5.91 Å². The number of hydrogen-bond acceptors (Lipinski definition) is 5. The summed E-state index contributed by atoms with van der Waals surface area (Å²) in [6.07, 6.45) is 1.31. The lowest BCUT2D eigenvalue weighted by Crippen LogP contribution is -2.45. The summed E-state index contributed by atoms with van der Waals surface area (Å²) in [6.45, 7) is -0.402. The van der Waals surface area contributed by atoms with E-state index >= 15 is 0 Å². The zero-order valence-electron chi connectivity index (χ0n) is 17.6. The monoisotopic (exact) mass is 438 g/mol. The number of ether oxygens (including phenoxy) is 1. The van der Waals surface area contributed by atoms with Crippen molar-refractivity contribution in [3.8, 4) is 0 Å². The van der Waals surface area contributed by atoms with E-state index in [1.165, 1.54) is 4.90 Å². The number of ketones is 1. The Labute approximate surface area is 186 Å². The number of carboxylic acids is 1. The van der Waals surface area contributed by atoms with Gasteiger partial charge in [0.05, 0.1) is 6.04 Å². The zero-order chi connectivity index (χ0) is 22.9. The lowest BCUT2D eigenvalue weighted by Gasteiger charge is -2.22. The van der Waals surface area contributed by atoms with Crippen molar-refractivity contribution in [3.63, 3.8) is 0 Å². The van der Waals surface area contributed by atoms with Gasteiger partial charge in [-0.2, -0.15) is 0 Å². The van der Waals surface area contributed by atoms with Gasteiger partial charge >= 0.3 is 5.97 Å². The number of carboxylic acid groups (broad SMARTS) is 1. The van der Waals surface area contributed by atoms with E-state index in [2.05, 4.69) is 5.32 Å². The Balaban J connectivity index is 1.59. The van der Waals surface area contributed by atoms with E-state index in [0.29, 0.717) is 24.9 Å². The van der Waals surface area contributed by atoms with Crippen molar-refractivity contribution in [2.24, 2.45) is 0 Å². The Hall–Kier alpha value is -3.52. The van der Waals surface area contributed by atoms with Gasteiger partial charge in [0.2, 0.25) is 5.91 Å². The van der Waals surface area contributed by atoms with Crippen molar-refractivity contribution in [2.45, 2.75) is 31.3 Å². The Morgan fingerprint density at radius 2 is 1.66 bits per heavy atom. The van der Waals surface area contributed by atoms with E-state index in [9.17, 15) is 24.3 Å². The van der Waals surface area contributed by atoms with Crippen molar-refractivity contribution in [3.05, 3.63) is 71.8 Å². The number of Topliss-reactive ketones (excluding diaryl/α,β-unsaturated/α-hetero) is 1. The van der Waals surface area contributed by atoms with E-state index in [-0.39, 0.29) is 31.3 Å². The largest absolute Gasteiger partial charge is 0.480 e. The first-order chi connectivity index (χ1) is 15.5. The molecule has 3 rings (SSSR count). The highest BCUT2D eigenvalue weighted by atomic mass is 16.5. The molecule has 0 radical (unpaired) electrons. The molecule has 0 spiro atoms. The fourth-order valence-electron chi connectivity index (χ4n) is 3.67. The van der Waals surface area contributed by atoms with Crippen molar-refractivity contribution >= 4 is 23.6 Å². The molecule has 8 nitrogen and oxygen atoms in total. The molecule has 0 bridgehead atoms. The summed E-state index contributed by atoms with van der Waals surface area (Å²) in [5, 5.41) is 12.0. The maximum absolute atomic E-state index is 12.8. The molecule has 0 aromatic heterocycles. The zero-order valence-corrected chi connectivity index (χ0v) is 17.6. The third-order valence-electron chi connectivity index (χ3n) is 5.34. The van der Waals surface area contributed by atoms with Crippen LogP contribution in [0.4, 0.5) is 0 Å². The summed E-state index contributed by atoms with van der Waals surface area (Å²) in [5.74, 6) is -2.26. The fraction of sp³-hybridized carbons (Fsp3) is 0.333. The van der Waals surface area contributed by atoms with Crippen LogP contribution >= 0.6 is 0 Å². The molecule has 2 amide bonds. The molecule has 8 heteroatoms. The predicted octanol–water partition coefficient (Wildman–Crippen LogP) is 1.69. The van der Waals surface area contributed by atoms with Crippen LogP contribution in [-0.4, -0.2) is 65.4 Å². The van der Waals surface area contributed by atoms with Gasteiger partial charge in [-0.15, -0.1) is 0 Å². The molecule has 1 unspecified atom stereocenters. The molecule has 2 N–H and O–H groups in total. The SMILES string of the molecule is O=C(NC(Cc1ccccc1)C(=O)COCC(=O)N1CCC[C@@H]1C(=O)O)c1ccccc1. The average Bonchev–Trinajstić information content (AvgIpc) is 3.30. The molecule has 32 heavy (non-hydrogen) atoms. The Morgan fingerprint density at radius 3 is 2.31 bits per heavy atom. The van der Waals surface area contributed by atoms with Crippen LogP contribution in [0.2, 0.25) is 0 Å². The third-order valence-corrected chi connectivity index (χ3v) is 5.34. The number of nitrogens with zero attached hydrogens (tertiary/aromatic N) is 1. The molecule has 1 aliphatic rings. The maximum Gasteiger partial charge on any atom is 0.326 e. The van der Waals surface area contributed by atoms with Gasteiger partial charge in [-0.3, -0.25) is 14.4 Å². The van der Waals surface area contributed by atoms with E-state index in [0.717, 1.165) is 5.56 Å². The minimum Gasteiger partial charge on any atom is -0.480 e. The Bertz CT molecular complexity index is 947. The predicted molar refractivity (Wildman–Crippen MR) is 116 cm³/mol. The molecular weight excluding hydrogens is 412 g/mol. The molecule has 0 aliphatic carbocycles. The average molecular weight is 438 g/mol. The first kappa shape index (κ1) is 23.1. The van der Waals surface area contributed by atoms with Crippen molar-refractivity contribution < 1.29 is 29.0 Å². The number of benzene rings is 2. The third kappa shape index (κ3) is 6.24. The van der Waals surface area contributed by atoms with E-state index in [1.807, 2.05) is 30.3 Å². The van der Waals surface area contributed by atoms with Crippen LogP contribution in [0, 0.1) is 0 Å². The molecule has 0 saturated carbocycles. The van der Waals surface area contributed by atoms with Crippen LogP contribution in [0.15, 0.2) is 60.7 Å².